The number of anilines is 2. The summed E-state index contributed by atoms with van der Waals surface area (Å²) in [5.41, 5.74) is 1.69. The van der Waals surface area contributed by atoms with Crippen molar-refractivity contribution in [3.05, 3.63) is 54.1 Å². The zero-order valence-corrected chi connectivity index (χ0v) is 19.2. The van der Waals surface area contributed by atoms with Crippen LogP contribution in [-0.2, 0) is 9.59 Å². The summed E-state index contributed by atoms with van der Waals surface area (Å²) in [5, 5.41) is 5.87. The topological polar surface area (TPSA) is 100 Å². The van der Waals surface area contributed by atoms with Crippen LogP contribution in [0.3, 0.4) is 0 Å². The summed E-state index contributed by atoms with van der Waals surface area (Å²) >= 11 is 1.37. The zero-order chi connectivity index (χ0) is 23.2. The van der Waals surface area contributed by atoms with Crippen molar-refractivity contribution in [2.24, 2.45) is 4.99 Å². The molecule has 8 nitrogen and oxygen atoms in total. The third-order valence-electron chi connectivity index (χ3n) is 5.33. The maximum Gasteiger partial charge on any atom is 0.262 e. The van der Waals surface area contributed by atoms with Gasteiger partial charge in [0, 0.05) is 36.4 Å². The average molecular weight is 467 g/mol. The summed E-state index contributed by atoms with van der Waals surface area (Å²) in [4.78, 5) is 43.3. The molecule has 1 fully saturated rings. The minimum atomic E-state index is -0.486. The summed E-state index contributed by atoms with van der Waals surface area (Å²) < 4.78 is 5.40. The van der Waals surface area contributed by atoms with E-state index in [2.05, 4.69) is 20.5 Å². The maximum absolute atomic E-state index is 12.5. The molecule has 3 amide bonds. The predicted octanol–water partition coefficient (Wildman–Crippen LogP) is 3.76. The van der Waals surface area contributed by atoms with E-state index in [0.717, 1.165) is 36.8 Å². The fourth-order valence-electron chi connectivity index (χ4n) is 3.64. The monoisotopic (exact) mass is 466 g/mol. The van der Waals surface area contributed by atoms with E-state index in [1.54, 1.807) is 48.5 Å². The van der Waals surface area contributed by atoms with Crippen LogP contribution in [0.5, 0.6) is 5.75 Å². The number of likely N-dealkylation sites (tertiary alicyclic amines) is 1. The number of nitrogens with zero attached hydrogens (tertiary/aromatic N) is 2. The second kappa shape index (κ2) is 10.5. The molecule has 2 aliphatic rings. The first kappa shape index (κ1) is 22.8. The van der Waals surface area contributed by atoms with Gasteiger partial charge in [0.2, 0.25) is 5.91 Å². The fraction of sp³-hybridized carbons (Fsp3) is 0.333. The first-order valence-corrected chi connectivity index (χ1v) is 11.9. The number of amides is 3. The second-order valence-corrected chi connectivity index (χ2v) is 8.94. The van der Waals surface area contributed by atoms with Gasteiger partial charge in [-0.1, -0.05) is 11.8 Å². The van der Waals surface area contributed by atoms with E-state index < -0.39 is 5.25 Å². The Labute approximate surface area is 196 Å². The summed E-state index contributed by atoms with van der Waals surface area (Å²) in [6.07, 6.45) is 2.27. The maximum atomic E-state index is 12.5. The Morgan fingerprint density at radius 2 is 1.67 bits per heavy atom. The van der Waals surface area contributed by atoms with Crippen molar-refractivity contribution in [2.75, 3.05) is 30.3 Å². The summed E-state index contributed by atoms with van der Waals surface area (Å²) in [6, 6.07) is 13.8. The van der Waals surface area contributed by atoms with Gasteiger partial charge < -0.3 is 20.3 Å². The van der Waals surface area contributed by atoms with Gasteiger partial charge in [-0.3, -0.25) is 14.4 Å². The summed E-state index contributed by atoms with van der Waals surface area (Å²) in [5.74, 6) is -0.0209. The number of benzene rings is 2. The van der Waals surface area contributed by atoms with E-state index in [9.17, 15) is 14.4 Å². The molecule has 0 bridgehead atoms. The van der Waals surface area contributed by atoms with Crippen molar-refractivity contribution in [3.63, 3.8) is 0 Å². The molecule has 0 aromatic heterocycles. The van der Waals surface area contributed by atoms with Gasteiger partial charge in [0.15, 0.2) is 5.17 Å². The van der Waals surface area contributed by atoms with E-state index in [1.165, 1.54) is 11.8 Å². The number of thioether (sulfide) groups is 1. The molecular formula is C24H26N4O4S. The number of nitrogens with one attached hydrogen (secondary N) is 2. The minimum Gasteiger partial charge on any atom is -0.494 e. The van der Waals surface area contributed by atoms with Crippen molar-refractivity contribution >= 4 is 46.0 Å². The molecule has 0 aliphatic carbocycles. The van der Waals surface area contributed by atoms with Crippen molar-refractivity contribution in [3.8, 4) is 5.75 Å². The van der Waals surface area contributed by atoms with Gasteiger partial charge in [-0.2, -0.15) is 4.99 Å². The Kier molecular flexibility index (Phi) is 7.29. The highest BCUT2D eigenvalue weighted by atomic mass is 32.2. The van der Waals surface area contributed by atoms with Gasteiger partial charge in [-0.25, -0.2) is 0 Å². The van der Waals surface area contributed by atoms with Crippen LogP contribution in [0.2, 0.25) is 0 Å². The molecule has 2 heterocycles. The van der Waals surface area contributed by atoms with Crippen LogP contribution in [0.25, 0.3) is 0 Å². The third kappa shape index (κ3) is 5.92. The molecule has 2 aromatic carbocycles. The lowest BCUT2D eigenvalue weighted by Gasteiger charge is -2.16. The quantitative estimate of drug-likeness (QED) is 0.645. The second-order valence-electron chi connectivity index (χ2n) is 7.77. The van der Waals surface area contributed by atoms with Crippen LogP contribution in [0.15, 0.2) is 53.5 Å². The Balaban J connectivity index is 1.27. The van der Waals surface area contributed by atoms with E-state index in [4.69, 9.17) is 4.74 Å². The van der Waals surface area contributed by atoms with Crippen molar-refractivity contribution in [1.29, 1.82) is 0 Å². The van der Waals surface area contributed by atoms with Gasteiger partial charge in [-0.05, 0) is 68.3 Å². The van der Waals surface area contributed by atoms with Gasteiger partial charge in [0.1, 0.15) is 11.0 Å². The minimum absolute atomic E-state index is 0.0598. The molecule has 2 N–H and O–H groups in total. The first-order chi connectivity index (χ1) is 16.0. The lowest BCUT2D eigenvalue weighted by atomic mass is 10.1. The molecule has 2 aliphatic heterocycles. The van der Waals surface area contributed by atoms with Crippen LogP contribution >= 0.6 is 11.8 Å². The number of hydrogen-bond donors (Lipinski definition) is 2. The highest BCUT2D eigenvalue weighted by Gasteiger charge is 2.33. The fourth-order valence-corrected chi connectivity index (χ4v) is 4.76. The Morgan fingerprint density at radius 3 is 2.33 bits per heavy atom. The molecule has 1 saturated heterocycles. The third-order valence-corrected chi connectivity index (χ3v) is 6.54. The van der Waals surface area contributed by atoms with Crippen molar-refractivity contribution in [1.82, 2.24) is 4.90 Å². The molecule has 1 unspecified atom stereocenters. The number of rotatable bonds is 7. The highest BCUT2D eigenvalue weighted by molar-refractivity contribution is 8.15. The molecule has 9 heteroatoms. The predicted molar refractivity (Wildman–Crippen MR) is 130 cm³/mol. The SMILES string of the molecule is CCOc1ccc(NC(=O)c2ccc(NC(=O)CC3SC(N4CCCC4)=NC3=O)cc2)cc1. The lowest BCUT2D eigenvalue weighted by Crippen LogP contribution is -2.25. The molecule has 0 radical (unpaired) electrons. The Morgan fingerprint density at radius 1 is 1.03 bits per heavy atom. The van der Waals surface area contributed by atoms with Crippen LogP contribution in [0.4, 0.5) is 11.4 Å². The molecule has 1 atom stereocenters. The van der Waals surface area contributed by atoms with E-state index >= 15 is 0 Å². The molecule has 0 saturated carbocycles. The normalized spacial score (nSPS) is 17.6. The van der Waals surface area contributed by atoms with E-state index in [-0.39, 0.29) is 24.1 Å². The number of ether oxygens (including phenoxy) is 1. The molecular weight excluding hydrogens is 440 g/mol. The molecule has 2 aromatic rings. The van der Waals surface area contributed by atoms with Gasteiger partial charge >= 0.3 is 0 Å². The van der Waals surface area contributed by atoms with E-state index in [0.29, 0.717) is 23.5 Å². The lowest BCUT2D eigenvalue weighted by molar-refractivity contribution is -0.121. The zero-order valence-electron chi connectivity index (χ0n) is 18.4. The first-order valence-electron chi connectivity index (χ1n) is 11.0. The Bertz CT molecular complexity index is 1050. The van der Waals surface area contributed by atoms with Crippen molar-refractivity contribution in [2.45, 2.75) is 31.4 Å². The Hall–Kier alpha value is -3.33. The summed E-state index contributed by atoms with van der Waals surface area (Å²) in [6.45, 7) is 4.32. The van der Waals surface area contributed by atoms with Crippen LogP contribution in [0.1, 0.15) is 36.5 Å². The number of hydrogen-bond acceptors (Lipinski definition) is 6. The number of amidine groups is 1. The van der Waals surface area contributed by atoms with E-state index in [1.807, 2.05) is 6.92 Å². The number of aliphatic imine (C=N–C) groups is 1. The summed E-state index contributed by atoms with van der Waals surface area (Å²) in [7, 11) is 0. The molecule has 0 spiro atoms. The average Bonchev–Trinajstić information content (AvgIpc) is 3.46. The van der Waals surface area contributed by atoms with Crippen LogP contribution in [-0.4, -0.2) is 52.7 Å². The standard InChI is InChI=1S/C24H26N4O4S/c1-2-32-19-11-9-18(10-12-19)26-22(30)16-5-7-17(8-6-16)25-21(29)15-20-23(31)27-24(33-20)28-13-3-4-14-28/h5-12,20H,2-4,13-15H2,1H3,(H,25,29)(H,26,30). The molecule has 33 heavy (non-hydrogen) atoms. The smallest absolute Gasteiger partial charge is 0.262 e. The van der Waals surface area contributed by atoms with Gasteiger partial charge in [-0.15, -0.1) is 0 Å². The molecule has 172 valence electrons. The number of carbonyl (C=O) groups excluding carboxylic acids is 3. The largest absolute Gasteiger partial charge is 0.494 e. The van der Waals surface area contributed by atoms with Crippen LogP contribution in [0, 0.1) is 0 Å². The van der Waals surface area contributed by atoms with Crippen molar-refractivity contribution < 1.29 is 19.1 Å². The number of carbonyl (C=O) groups is 3. The highest BCUT2D eigenvalue weighted by Crippen LogP contribution is 2.29. The van der Waals surface area contributed by atoms with Gasteiger partial charge in [0.25, 0.3) is 11.8 Å². The van der Waals surface area contributed by atoms with Gasteiger partial charge in [0.05, 0.1) is 6.61 Å². The molecule has 4 rings (SSSR count). The van der Waals surface area contributed by atoms with Crippen LogP contribution < -0.4 is 15.4 Å².